The van der Waals surface area contributed by atoms with Gasteiger partial charge in [-0.25, -0.2) is 0 Å². The Morgan fingerprint density at radius 2 is 1.20 bits per heavy atom. The molecule has 4 rings (SSSR count). The van der Waals surface area contributed by atoms with E-state index in [-0.39, 0.29) is 0 Å². The molecule has 2 bridgehead atoms. The van der Waals surface area contributed by atoms with Crippen LogP contribution in [-0.2, 0) is 0 Å². The van der Waals surface area contributed by atoms with Gasteiger partial charge in [0.25, 0.3) is 0 Å². The van der Waals surface area contributed by atoms with Crippen LogP contribution < -0.4 is 0 Å². The van der Waals surface area contributed by atoms with Gasteiger partial charge in [-0.1, -0.05) is 46.0 Å². The fraction of sp³-hybridized carbons (Fsp3) is 1.00. The third-order valence-electron chi connectivity index (χ3n) is 5.76. The molecule has 0 aliphatic heterocycles. The van der Waals surface area contributed by atoms with Crippen LogP contribution in [0.4, 0.5) is 0 Å². The molecule has 4 fully saturated rings. The maximum Gasteiger partial charge on any atom is -0.0318 e. The molecule has 86 valence electrons. The smallest absolute Gasteiger partial charge is 0.0318 e. The fourth-order valence-corrected chi connectivity index (χ4v) is 4.16. The molecule has 4 aliphatic rings. The van der Waals surface area contributed by atoms with E-state index in [0.717, 1.165) is 11.8 Å². The topological polar surface area (TPSA) is 0 Å². The van der Waals surface area contributed by atoms with Crippen molar-refractivity contribution in [1.82, 2.24) is 0 Å². The van der Waals surface area contributed by atoms with Gasteiger partial charge in [-0.15, -0.1) is 0 Å². The van der Waals surface area contributed by atoms with Gasteiger partial charge < -0.3 is 0 Å². The molecular weight excluding hydrogens is 180 g/mol. The average Bonchev–Trinajstić information content (AvgIpc) is 3.08. The summed E-state index contributed by atoms with van der Waals surface area (Å²) in [5.41, 5.74) is 0. The van der Waals surface area contributed by atoms with E-state index in [4.69, 9.17) is 0 Å². The highest BCUT2D eigenvalue weighted by Gasteiger charge is 2.71. The first kappa shape index (κ1) is 10.2. The molecule has 4 saturated carbocycles. The highest BCUT2D eigenvalue weighted by atomic mass is 14.8. The molecule has 0 aromatic carbocycles. The van der Waals surface area contributed by atoms with Crippen molar-refractivity contribution >= 4 is 0 Å². The highest BCUT2D eigenvalue weighted by Crippen LogP contribution is 2.76. The van der Waals surface area contributed by atoms with Crippen LogP contribution in [0, 0.1) is 35.5 Å². The molecule has 0 saturated heterocycles. The summed E-state index contributed by atoms with van der Waals surface area (Å²) in [5, 5.41) is 0. The molecule has 4 unspecified atom stereocenters. The van der Waals surface area contributed by atoms with Crippen LogP contribution in [0.1, 0.15) is 58.8 Å². The van der Waals surface area contributed by atoms with Crippen LogP contribution in [0.2, 0.25) is 0 Å². The lowest BCUT2D eigenvalue weighted by atomic mass is 9.84. The third kappa shape index (κ3) is 1.85. The van der Waals surface area contributed by atoms with Gasteiger partial charge in [-0.3, -0.25) is 0 Å². The Balaban J connectivity index is 1.52. The Morgan fingerprint density at radius 1 is 0.600 bits per heavy atom. The summed E-state index contributed by atoms with van der Waals surface area (Å²) in [6.45, 7) is 4.97. The predicted octanol–water partition coefficient (Wildman–Crippen LogP) is 4.49. The molecule has 4 aliphatic carbocycles. The molecule has 0 radical (unpaired) electrons. The largest absolute Gasteiger partial charge is 0.0623 e. The van der Waals surface area contributed by atoms with Crippen LogP contribution in [0.25, 0.3) is 0 Å². The molecule has 15 heavy (non-hydrogen) atoms. The summed E-state index contributed by atoms with van der Waals surface area (Å²) in [5.74, 6) is 6.84. The first-order chi connectivity index (χ1) is 7.29. The minimum Gasteiger partial charge on any atom is -0.0623 e. The summed E-state index contributed by atoms with van der Waals surface area (Å²) in [6, 6.07) is 0. The second-order valence-electron chi connectivity index (χ2n) is 6.65. The van der Waals surface area contributed by atoms with Crippen molar-refractivity contribution in [2.24, 2.45) is 35.5 Å². The summed E-state index contributed by atoms with van der Waals surface area (Å²) < 4.78 is 0. The monoisotopic (exact) mass is 206 g/mol. The van der Waals surface area contributed by atoms with Crippen LogP contribution >= 0.6 is 0 Å². The Morgan fingerprint density at radius 3 is 2.00 bits per heavy atom. The van der Waals surface area contributed by atoms with Gasteiger partial charge in [0.2, 0.25) is 0 Å². The molecule has 0 heterocycles. The molecule has 0 N–H and O–H groups in total. The standard InChI is InChI=1S/C15H26/c1-10-6-4-3-5-7-12-14-13(15(12)14)9-8-11(10)2/h10-15H,3-9H2,1-2H3. The SMILES string of the molecule is CC1CCCCCC2C3C(CCC1C)C23. The van der Waals surface area contributed by atoms with E-state index in [9.17, 15) is 0 Å². The average molecular weight is 206 g/mol. The molecule has 0 nitrogen and oxygen atoms in total. The first-order valence-electron chi connectivity index (χ1n) is 7.29. The Hall–Kier alpha value is 0. The van der Waals surface area contributed by atoms with E-state index in [1.165, 1.54) is 55.8 Å². The molecule has 0 spiro atoms. The van der Waals surface area contributed by atoms with Crippen LogP contribution in [0.5, 0.6) is 0 Å². The number of fused-ring (bicyclic) bond motifs is 8. The fourth-order valence-electron chi connectivity index (χ4n) is 4.16. The second-order valence-corrected chi connectivity index (χ2v) is 6.65. The van der Waals surface area contributed by atoms with Gasteiger partial charge in [0, 0.05) is 0 Å². The van der Waals surface area contributed by atoms with Gasteiger partial charge in [0.05, 0.1) is 0 Å². The lowest BCUT2D eigenvalue weighted by molar-refractivity contribution is 0.289. The molecule has 4 atom stereocenters. The molecule has 0 aromatic heterocycles. The molecule has 0 aromatic rings. The molecule has 0 amide bonds. The van der Waals surface area contributed by atoms with Gasteiger partial charge in [-0.2, -0.15) is 0 Å². The van der Waals surface area contributed by atoms with Gasteiger partial charge in [0.15, 0.2) is 0 Å². The summed E-state index contributed by atoms with van der Waals surface area (Å²) in [6.07, 6.45) is 10.7. The van der Waals surface area contributed by atoms with Crippen LogP contribution in [-0.4, -0.2) is 0 Å². The van der Waals surface area contributed by atoms with Crippen molar-refractivity contribution in [2.45, 2.75) is 58.8 Å². The summed E-state index contributed by atoms with van der Waals surface area (Å²) in [7, 11) is 0. The van der Waals surface area contributed by atoms with Gasteiger partial charge >= 0.3 is 0 Å². The maximum absolute atomic E-state index is 2.49. The zero-order valence-corrected chi connectivity index (χ0v) is 10.4. The normalized spacial score (nSPS) is 54.8. The van der Waals surface area contributed by atoms with Crippen molar-refractivity contribution in [2.75, 3.05) is 0 Å². The highest BCUT2D eigenvalue weighted by molar-refractivity contribution is 5.18. The van der Waals surface area contributed by atoms with Crippen molar-refractivity contribution in [3.8, 4) is 0 Å². The van der Waals surface area contributed by atoms with Gasteiger partial charge in [0.1, 0.15) is 0 Å². The zero-order valence-electron chi connectivity index (χ0n) is 10.4. The van der Waals surface area contributed by atoms with Crippen molar-refractivity contribution in [3.05, 3.63) is 0 Å². The summed E-state index contributed by atoms with van der Waals surface area (Å²) in [4.78, 5) is 0. The van der Waals surface area contributed by atoms with E-state index in [0.29, 0.717) is 0 Å². The van der Waals surface area contributed by atoms with Crippen molar-refractivity contribution in [3.63, 3.8) is 0 Å². The number of hydrogen-bond donors (Lipinski definition) is 0. The summed E-state index contributed by atoms with van der Waals surface area (Å²) >= 11 is 0. The van der Waals surface area contributed by atoms with E-state index >= 15 is 0 Å². The van der Waals surface area contributed by atoms with Crippen LogP contribution in [0.3, 0.4) is 0 Å². The van der Waals surface area contributed by atoms with Crippen LogP contribution in [0.15, 0.2) is 0 Å². The van der Waals surface area contributed by atoms with E-state index < -0.39 is 0 Å². The quantitative estimate of drug-likeness (QED) is 0.547. The third-order valence-corrected chi connectivity index (χ3v) is 5.76. The lowest BCUT2D eigenvalue weighted by Gasteiger charge is -2.22. The lowest BCUT2D eigenvalue weighted by Crippen LogP contribution is -2.11. The van der Waals surface area contributed by atoms with E-state index in [1.54, 1.807) is 12.8 Å². The molecule has 0 heteroatoms. The maximum atomic E-state index is 2.49. The zero-order chi connectivity index (χ0) is 10.4. The second kappa shape index (κ2) is 3.79. The minimum atomic E-state index is 0.982. The number of rotatable bonds is 0. The van der Waals surface area contributed by atoms with E-state index in [1.807, 2.05) is 0 Å². The van der Waals surface area contributed by atoms with E-state index in [2.05, 4.69) is 13.8 Å². The number of hydrogen-bond acceptors (Lipinski definition) is 0. The van der Waals surface area contributed by atoms with Gasteiger partial charge in [-0.05, 0) is 48.3 Å². The van der Waals surface area contributed by atoms with Crippen molar-refractivity contribution in [1.29, 1.82) is 0 Å². The molecular formula is C15H26. The predicted molar refractivity (Wildman–Crippen MR) is 64.6 cm³/mol. The Bertz CT molecular complexity index is 222. The van der Waals surface area contributed by atoms with Crippen molar-refractivity contribution < 1.29 is 0 Å². The first-order valence-corrected chi connectivity index (χ1v) is 7.29. The Labute approximate surface area is 94.8 Å². The minimum absolute atomic E-state index is 0.982. The Kier molecular flexibility index (Phi) is 2.57.